The summed E-state index contributed by atoms with van der Waals surface area (Å²) in [6.45, 7) is 6.37. The van der Waals surface area contributed by atoms with Crippen LogP contribution in [0.2, 0.25) is 0 Å². The van der Waals surface area contributed by atoms with E-state index in [-0.39, 0.29) is 0 Å². The van der Waals surface area contributed by atoms with Crippen LogP contribution in [0.1, 0.15) is 19.4 Å². The van der Waals surface area contributed by atoms with Gasteiger partial charge in [0, 0.05) is 12.2 Å². The summed E-state index contributed by atoms with van der Waals surface area (Å²) >= 11 is 0. The largest absolute Gasteiger partial charge is 0.348 e. The van der Waals surface area contributed by atoms with Crippen molar-refractivity contribution in [3.05, 3.63) is 29.8 Å². The van der Waals surface area contributed by atoms with Gasteiger partial charge in [-0.05, 0) is 30.5 Å². The predicted octanol–water partition coefficient (Wildman–Crippen LogP) is 1.71. The number of carbonyl (C=O) groups is 2. The minimum absolute atomic E-state index is 0.325. The molecule has 1 rings (SSSR count). The van der Waals surface area contributed by atoms with Gasteiger partial charge in [0.15, 0.2) is 0 Å². The molecule has 2 N–H and O–H groups in total. The highest BCUT2D eigenvalue weighted by atomic mass is 16.2. The van der Waals surface area contributed by atoms with E-state index in [1.165, 1.54) is 0 Å². The first-order valence-electron chi connectivity index (χ1n) is 5.65. The van der Waals surface area contributed by atoms with Crippen molar-refractivity contribution in [2.24, 2.45) is 5.92 Å². The number of anilines is 1. The first-order valence-corrected chi connectivity index (χ1v) is 5.65. The highest BCUT2D eigenvalue weighted by Crippen LogP contribution is 2.08. The van der Waals surface area contributed by atoms with E-state index >= 15 is 0 Å². The summed E-state index contributed by atoms with van der Waals surface area (Å²) in [7, 11) is 0. The lowest BCUT2D eigenvalue weighted by molar-refractivity contribution is -0.136. The summed E-state index contributed by atoms with van der Waals surface area (Å²) in [6.07, 6.45) is 0. The minimum Gasteiger partial charge on any atom is -0.348 e. The molecule has 0 saturated carbocycles. The molecule has 0 aliphatic rings. The average molecular weight is 234 g/mol. The van der Waals surface area contributed by atoms with Gasteiger partial charge in [0.05, 0.1) is 0 Å². The smallest absolute Gasteiger partial charge is 0.313 e. The molecule has 4 heteroatoms. The Kier molecular flexibility index (Phi) is 4.69. The molecule has 1 aromatic carbocycles. The van der Waals surface area contributed by atoms with Gasteiger partial charge in [-0.25, -0.2) is 0 Å². The third-order valence-electron chi connectivity index (χ3n) is 2.15. The van der Waals surface area contributed by atoms with Crippen molar-refractivity contribution in [1.82, 2.24) is 5.32 Å². The van der Waals surface area contributed by atoms with Gasteiger partial charge in [-0.1, -0.05) is 26.0 Å². The first kappa shape index (κ1) is 13.2. The van der Waals surface area contributed by atoms with E-state index in [9.17, 15) is 9.59 Å². The lowest BCUT2D eigenvalue weighted by atomic mass is 10.2. The van der Waals surface area contributed by atoms with Crippen molar-refractivity contribution in [1.29, 1.82) is 0 Å². The van der Waals surface area contributed by atoms with Gasteiger partial charge >= 0.3 is 11.8 Å². The zero-order chi connectivity index (χ0) is 12.8. The Labute approximate surface area is 101 Å². The van der Waals surface area contributed by atoms with Crippen molar-refractivity contribution >= 4 is 17.5 Å². The van der Waals surface area contributed by atoms with Crippen LogP contribution in [-0.4, -0.2) is 18.4 Å². The monoisotopic (exact) mass is 234 g/mol. The highest BCUT2D eigenvalue weighted by molar-refractivity contribution is 6.39. The number of rotatable bonds is 3. The Morgan fingerprint density at radius 2 is 1.94 bits per heavy atom. The number of hydrogen-bond donors (Lipinski definition) is 2. The summed E-state index contributed by atoms with van der Waals surface area (Å²) in [5, 5.41) is 5.12. The van der Waals surface area contributed by atoms with Gasteiger partial charge in [0.2, 0.25) is 0 Å². The van der Waals surface area contributed by atoms with Gasteiger partial charge in [-0.2, -0.15) is 0 Å². The second-order valence-corrected chi connectivity index (χ2v) is 4.43. The van der Waals surface area contributed by atoms with Crippen LogP contribution in [0.3, 0.4) is 0 Å². The zero-order valence-electron chi connectivity index (χ0n) is 10.4. The summed E-state index contributed by atoms with van der Waals surface area (Å²) < 4.78 is 0. The molecule has 1 aromatic rings. The van der Waals surface area contributed by atoms with Gasteiger partial charge < -0.3 is 10.6 Å². The molecule has 0 radical (unpaired) electrons. The number of benzene rings is 1. The molecule has 0 fully saturated rings. The predicted molar refractivity (Wildman–Crippen MR) is 67.7 cm³/mol. The number of amides is 2. The molecule has 0 heterocycles. The molecule has 0 bridgehead atoms. The third-order valence-corrected chi connectivity index (χ3v) is 2.15. The number of aryl methyl sites for hydroxylation is 1. The van der Waals surface area contributed by atoms with Gasteiger partial charge in [-0.3, -0.25) is 9.59 Å². The van der Waals surface area contributed by atoms with Gasteiger partial charge in [0.1, 0.15) is 0 Å². The van der Waals surface area contributed by atoms with E-state index in [0.29, 0.717) is 18.2 Å². The summed E-state index contributed by atoms with van der Waals surface area (Å²) in [5.74, 6) is -0.901. The molecule has 0 unspecified atom stereocenters. The van der Waals surface area contributed by atoms with Gasteiger partial charge in [0.25, 0.3) is 0 Å². The Hall–Kier alpha value is -1.84. The number of nitrogens with one attached hydrogen (secondary N) is 2. The van der Waals surface area contributed by atoms with Crippen LogP contribution >= 0.6 is 0 Å². The topological polar surface area (TPSA) is 58.2 Å². The van der Waals surface area contributed by atoms with Crippen LogP contribution in [-0.2, 0) is 9.59 Å². The van der Waals surface area contributed by atoms with Crippen molar-refractivity contribution in [2.45, 2.75) is 20.8 Å². The molecule has 0 aromatic heterocycles. The SMILES string of the molecule is Cc1cccc(NC(=O)C(=O)NCC(C)C)c1. The van der Waals surface area contributed by atoms with Crippen LogP contribution in [0.5, 0.6) is 0 Å². The highest BCUT2D eigenvalue weighted by Gasteiger charge is 2.13. The Morgan fingerprint density at radius 3 is 2.53 bits per heavy atom. The normalized spacial score (nSPS) is 10.1. The zero-order valence-corrected chi connectivity index (χ0v) is 10.4. The Morgan fingerprint density at radius 1 is 1.24 bits per heavy atom. The van der Waals surface area contributed by atoms with Crippen molar-refractivity contribution in [3.8, 4) is 0 Å². The van der Waals surface area contributed by atoms with E-state index in [0.717, 1.165) is 5.56 Å². The second kappa shape index (κ2) is 6.03. The van der Waals surface area contributed by atoms with Crippen molar-refractivity contribution in [2.75, 3.05) is 11.9 Å². The van der Waals surface area contributed by atoms with E-state index in [1.54, 1.807) is 6.07 Å². The van der Waals surface area contributed by atoms with Crippen LogP contribution in [0.25, 0.3) is 0 Å². The molecule has 0 spiro atoms. The molecule has 0 atom stereocenters. The van der Waals surface area contributed by atoms with E-state index in [4.69, 9.17) is 0 Å². The molecule has 92 valence electrons. The van der Waals surface area contributed by atoms with E-state index in [1.807, 2.05) is 39.0 Å². The summed E-state index contributed by atoms with van der Waals surface area (Å²) in [4.78, 5) is 22.9. The summed E-state index contributed by atoms with van der Waals surface area (Å²) in [5.41, 5.74) is 1.67. The van der Waals surface area contributed by atoms with Crippen LogP contribution in [0, 0.1) is 12.8 Å². The standard InChI is InChI=1S/C13H18N2O2/c1-9(2)8-14-12(16)13(17)15-11-6-4-5-10(3)7-11/h4-7,9H,8H2,1-3H3,(H,14,16)(H,15,17). The van der Waals surface area contributed by atoms with Crippen LogP contribution in [0.4, 0.5) is 5.69 Å². The molecule has 0 aliphatic heterocycles. The van der Waals surface area contributed by atoms with E-state index in [2.05, 4.69) is 10.6 Å². The molecular formula is C13H18N2O2. The maximum Gasteiger partial charge on any atom is 0.313 e. The summed E-state index contributed by atoms with van der Waals surface area (Å²) in [6, 6.07) is 7.32. The average Bonchev–Trinajstić information content (AvgIpc) is 2.25. The maximum absolute atomic E-state index is 11.5. The fraction of sp³-hybridized carbons (Fsp3) is 0.385. The fourth-order valence-electron chi connectivity index (χ4n) is 1.29. The molecule has 0 aliphatic carbocycles. The molecule has 4 nitrogen and oxygen atoms in total. The molecule has 17 heavy (non-hydrogen) atoms. The third kappa shape index (κ3) is 4.68. The Balaban J connectivity index is 2.51. The van der Waals surface area contributed by atoms with Crippen molar-refractivity contribution < 1.29 is 9.59 Å². The lowest BCUT2D eigenvalue weighted by Gasteiger charge is -2.08. The fourth-order valence-corrected chi connectivity index (χ4v) is 1.29. The lowest BCUT2D eigenvalue weighted by Crippen LogP contribution is -2.37. The van der Waals surface area contributed by atoms with Crippen molar-refractivity contribution in [3.63, 3.8) is 0 Å². The first-order chi connectivity index (χ1) is 7.99. The Bertz CT molecular complexity index is 414. The second-order valence-electron chi connectivity index (χ2n) is 4.43. The molecule has 0 saturated heterocycles. The number of hydrogen-bond acceptors (Lipinski definition) is 2. The number of carbonyl (C=O) groups excluding carboxylic acids is 2. The molecular weight excluding hydrogens is 216 g/mol. The van der Waals surface area contributed by atoms with Gasteiger partial charge in [-0.15, -0.1) is 0 Å². The quantitative estimate of drug-likeness (QED) is 0.782. The van der Waals surface area contributed by atoms with Crippen LogP contribution < -0.4 is 10.6 Å². The van der Waals surface area contributed by atoms with E-state index < -0.39 is 11.8 Å². The minimum atomic E-state index is -0.628. The maximum atomic E-state index is 11.5. The van der Waals surface area contributed by atoms with Crippen LogP contribution in [0.15, 0.2) is 24.3 Å². The molecule has 2 amide bonds.